The van der Waals surface area contributed by atoms with Crippen molar-refractivity contribution in [3.8, 4) is 0 Å². The number of halogens is 7. The van der Waals surface area contributed by atoms with Gasteiger partial charge >= 0.3 is 12.1 Å². The molecule has 2 fully saturated rings. The van der Waals surface area contributed by atoms with Crippen molar-refractivity contribution in [2.24, 2.45) is 0 Å². The van der Waals surface area contributed by atoms with E-state index < -0.39 is 69.4 Å². The summed E-state index contributed by atoms with van der Waals surface area (Å²) >= 11 is 16.5. The summed E-state index contributed by atoms with van der Waals surface area (Å²) in [5.74, 6) is -4.18. The lowest BCUT2D eigenvalue weighted by Crippen LogP contribution is -2.42. The van der Waals surface area contributed by atoms with E-state index >= 15 is 0 Å². The molecule has 2 heterocycles. The molecule has 0 saturated carbocycles. The highest BCUT2D eigenvalue weighted by Crippen LogP contribution is 2.43. The number of hydrogen-bond acceptors (Lipinski definition) is 7. The van der Waals surface area contributed by atoms with Crippen LogP contribution in [0.4, 0.5) is 38.5 Å². The number of urea groups is 2. The number of imide groups is 2. The maximum atomic E-state index is 14.5. The lowest BCUT2D eigenvalue weighted by molar-refractivity contribution is -0.125. The van der Waals surface area contributed by atoms with Gasteiger partial charge in [0.05, 0.1) is 10.0 Å². The van der Waals surface area contributed by atoms with Gasteiger partial charge in [0.15, 0.2) is 0 Å². The maximum Gasteiger partial charge on any atom is 0.322 e. The smallest absolute Gasteiger partial charge is 0.322 e. The number of rotatable bonds is 3. The van der Waals surface area contributed by atoms with Crippen LogP contribution in [0.3, 0.4) is 0 Å². The summed E-state index contributed by atoms with van der Waals surface area (Å²) in [5, 5.41) is 10.9. The zero-order chi connectivity index (χ0) is 40.0. The molecule has 0 bridgehead atoms. The van der Waals surface area contributed by atoms with Gasteiger partial charge in [0.25, 0.3) is 23.0 Å². The van der Waals surface area contributed by atoms with Crippen molar-refractivity contribution < 1.29 is 46.3 Å². The number of carbonyl (C=O) groups excluding carboxylic acids is 6. The van der Waals surface area contributed by atoms with Gasteiger partial charge in [-0.25, -0.2) is 27.2 Å². The van der Waals surface area contributed by atoms with Gasteiger partial charge in [0.2, 0.25) is 0 Å². The Morgan fingerprint density at radius 3 is 1.51 bits per heavy atom. The number of hydrogen-bond donors (Lipinski definition) is 6. The fourth-order valence-corrected chi connectivity index (χ4v) is 7.47. The third-order valence-electron chi connectivity index (χ3n) is 9.34. The van der Waals surface area contributed by atoms with E-state index in [4.69, 9.17) is 40.5 Å². The second kappa shape index (κ2) is 16.8. The second-order valence-corrected chi connectivity index (χ2v) is 13.7. The highest BCUT2D eigenvalue weighted by Gasteiger charge is 2.55. The zero-order valence-corrected chi connectivity index (χ0v) is 30.0. The summed E-state index contributed by atoms with van der Waals surface area (Å²) in [7, 11) is 0. The molecule has 300 valence electrons. The number of benzene rings is 4. The van der Waals surface area contributed by atoms with Gasteiger partial charge in [-0.05, 0) is 109 Å². The van der Waals surface area contributed by atoms with E-state index in [2.05, 4.69) is 26.6 Å². The topological polar surface area (TPSA) is 189 Å². The van der Waals surface area contributed by atoms with Gasteiger partial charge in [-0.3, -0.25) is 29.8 Å². The largest absolute Gasteiger partial charge is 0.399 e. The minimum atomic E-state index is -1.51. The minimum absolute atomic E-state index is 0. The Balaban J connectivity index is 0.000000209. The summed E-state index contributed by atoms with van der Waals surface area (Å²) in [6, 6.07) is 11.2. The van der Waals surface area contributed by atoms with Crippen LogP contribution in [0.1, 0.15) is 70.7 Å². The van der Waals surface area contributed by atoms with Gasteiger partial charge < -0.3 is 21.7 Å². The highest BCUT2D eigenvalue weighted by atomic mass is 35.5. The molecule has 2 saturated heterocycles. The van der Waals surface area contributed by atoms with Crippen molar-refractivity contribution in [3.05, 3.63) is 127 Å². The molecule has 57 heavy (non-hydrogen) atoms. The Bertz CT molecular complexity index is 2370. The monoisotopic (exact) mass is 850 g/mol. The first-order valence-electron chi connectivity index (χ1n) is 16.0. The lowest BCUT2D eigenvalue weighted by atomic mass is 9.90. The molecule has 4 aliphatic rings. The standard InChI is InChI=1S/C18H12ClF2N3O3.C12H8ClFN2O3.C6H5ClFN.2CH4/c19-11-7-8(1-3-12(11)20)22-15(25)10-2-4-13(21)14-9(10)5-6-18(14)16(26)23-17(27)24-18;13-9(17)6-1-2-7(14)8-5(6)3-4-12(8)10(18)15-11(19)16-12;7-5-3-4(9)1-2-6(5)8;;/h1-4,7H,5-6H2,(H,22,25)(H2,23,24,26,27);1-2H,3-4H2,(H2,15,16,18,19);1-3H,9H2;2*1H4. The molecule has 2 spiro atoms. The number of carbonyl (C=O) groups is 6. The summed E-state index contributed by atoms with van der Waals surface area (Å²) in [6.07, 6.45) is 0.879. The quantitative estimate of drug-likeness (QED) is 0.0537. The summed E-state index contributed by atoms with van der Waals surface area (Å²) < 4.78 is 54.2. The molecular weight excluding hydrogens is 819 g/mol. The third-order valence-corrected chi connectivity index (χ3v) is 10.1. The Morgan fingerprint density at radius 1 is 0.649 bits per heavy atom. The van der Waals surface area contributed by atoms with Gasteiger partial charge in [-0.2, -0.15) is 0 Å². The number of amides is 7. The Morgan fingerprint density at radius 2 is 1.09 bits per heavy atom. The number of nitrogen functional groups attached to an aromatic ring is 1. The molecule has 2 aliphatic carbocycles. The molecule has 4 aromatic rings. The molecule has 2 aliphatic heterocycles. The van der Waals surface area contributed by atoms with Crippen LogP contribution in [-0.2, 0) is 33.5 Å². The number of fused-ring (bicyclic) bond motifs is 4. The van der Waals surface area contributed by atoms with Crippen LogP contribution in [-0.4, -0.2) is 35.0 Å². The molecule has 2 unspecified atom stereocenters. The van der Waals surface area contributed by atoms with E-state index in [9.17, 15) is 46.3 Å². The SMILES string of the molecule is C.C.Nc1ccc(F)c(Cl)c1.O=C1NC(=O)C2(CCc3c(C(=O)Cl)ccc(F)c32)N1.O=C1NC(=O)C2(CCc3c(C(=O)Nc4ccc(F)c(Cl)c4)ccc(F)c32)N1. The van der Waals surface area contributed by atoms with Crippen LogP contribution in [0.25, 0.3) is 0 Å². The predicted octanol–water partition coefficient (Wildman–Crippen LogP) is 7.37. The van der Waals surface area contributed by atoms with E-state index in [-0.39, 0.29) is 72.1 Å². The van der Waals surface area contributed by atoms with Crippen LogP contribution in [0.15, 0.2) is 60.7 Å². The molecule has 8 rings (SSSR count). The van der Waals surface area contributed by atoms with Crippen molar-refractivity contribution in [3.63, 3.8) is 0 Å². The van der Waals surface area contributed by atoms with Crippen molar-refractivity contribution in [2.45, 2.75) is 51.6 Å². The van der Waals surface area contributed by atoms with Crippen LogP contribution in [0, 0.1) is 23.3 Å². The predicted molar refractivity (Wildman–Crippen MR) is 205 cm³/mol. The van der Waals surface area contributed by atoms with Crippen molar-refractivity contribution in [1.29, 1.82) is 0 Å². The van der Waals surface area contributed by atoms with Gasteiger partial charge in [-0.1, -0.05) is 38.1 Å². The summed E-state index contributed by atoms with van der Waals surface area (Å²) in [4.78, 5) is 71.0. The first-order chi connectivity index (χ1) is 26.0. The summed E-state index contributed by atoms with van der Waals surface area (Å²) in [6.45, 7) is 0. The van der Waals surface area contributed by atoms with Crippen LogP contribution >= 0.6 is 34.8 Å². The maximum absolute atomic E-state index is 14.5. The van der Waals surface area contributed by atoms with Crippen LogP contribution < -0.4 is 32.3 Å². The Hall–Kier alpha value is -5.71. The normalized spacial score (nSPS) is 19.3. The number of nitrogens with two attached hydrogens (primary N) is 1. The number of nitrogens with one attached hydrogen (secondary N) is 5. The lowest BCUT2D eigenvalue weighted by Gasteiger charge is -2.22. The van der Waals surface area contributed by atoms with Crippen molar-refractivity contribution in [1.82, 2.24) is 21.3 Å². The number of anilines is 2. The second-order valence-electron chi connectivity index (χ2n) is 12.6. The van der Waals surface area contributed by atoms with Crippen LogP contribution in [0.2, 0.25) is 10.0 Å². The van der Waals surface area contributed by atoms with Gasteiger partial charge in [0.1, 0.15) is 34.3 Å². The van der Waals surface area contributed by atoms with E-state index in [0.29, 0.717) is 23.2 Å². The molecule has 19 heteroatoms. The van der Waals surface area contributed by atoms with Crippen LogP contribution in [0.5, 0.6) is 0 Å². The molecule has 0 aromatic heterocycles. The van der Waals surface area contributed by atoms with Gasteiger partial charge in [-0.15, -0.1) is 0 Å². The summed E-state index contributed by atoms with van der Waals surface area (Å²) in [5.41, 5.74) is 4.20. The average Bonchev–Trinajstić information content (AvgIpc) is 3.85. The van der Waals surface area contributed by atoms with E-state index in [1.165, 1.54) is 42.5 Å². The highest BCUT2D eigenvalue weighted by molar-refractivity contribution is 6.68. The molecule has 12 nitrogen and oxygen atoms in total. The molecule has 2 atom stereocenters. The van der Waals surface area contributed by atoms with E-state index in [1.807, 2.05) is 0 Å². The molecule has 7 N–H and O–H groups in total. The van der Waals surface area contributed by atoms with Crippen molar-refractivity contribution >= 4 is 81.2 Å². The fraction of sp³-hybridized carbons (Fsp3) is 0.211. The van der Waals surface area contributed by atoms with Crippen molar-refractivity contribution in [2.75, 3.05) is 11.1 Å². The Kier molecular flexibility index (Phi) is 13.0. The Labute approximate surface area is 337 Å². The van der Waals surface area contributed by atoms with Gasteiger partial charge in [0, 0.05) is 33.6 Å². The molecular formula is C38H33Cl3F4N6O6. The molecule has 0 radical (unpaired) electrons. The molecule has 7 amide bonds. The first kappa shape index (κ1) is 44.0. The minimum Gasteiger partial charge on any atom is -0.399 e. The first-order valence-corrected chi connectivity index (χ1v) is 17.2. The molecule has 4 aromatic carbocycles. The van der Waals surface area contributed by atoms with E-state index in [1.54, 1.807) is 0 Å². The zero-order valence-electron chi connectivity index (χ0n) is 27.8. The fourth-order valence-electron chi connectivity index (χ4n) is 6.92. The average molecular weight is 852 g/mol. The third kappa shape index (κ3) is 8.10. The van der Waals surface area contributed by atoms with E-state index in [0.717, 1.165) is 18.2 Å².